The van der Waals surface area contributed by atoms with Crippen LogP contribution < -0.4 is 10.0 Å². The molecule has 1 aliphatic rings. The van der Waals surface area contributed by atoms with Gasteiger partial charge in [-0.1, -0.05) is 20.3 Å². The van der Waals surface area contributed by atoms with Gasteiger partial charge in [0.25, 0.3) is 10.2 Å². The fourth-order valence-corrected chi connectivity index (χ4v) is 4.13. The van der Waals surface area contributed by atoms with Gasteiger partial charge in [-0.15, -0.1) is 0 Å². The average Bonchev–Trinajstić information content (AvgIpc) is 2.36. The van der Waals surface area contributed by atoms with Gasteiger partial charge in [0.2, 0.25) is 0 Å². The van der Waals surface area contributed by atoms with Gasteiger partial charge in [-0.3, -0.25) is 0 Å². The molecule has 0 aromatic heterocycles. The molecule has 0 aliphatic carbocycles. The Morgan fingerprint density at radius 1 is 1.30 bits per heavy atom. The van der Waals surface area contributed by atoms with Crippen molar-refractivity contribution >= 4 is 10.2 Å². The Hall–Kier alpha value is -0.210. The molecule has 0 amide bonds. The number of rotatable bonds is 8. The summed E-state index contributed by atoms with van der Waals surface area (Å²) in [6.07, 6.45) is 2.93. The second-order valence-electron chi connectivity index (χ2n) is 5.80. The molecule has 6 nitrogen and oxygen atoms in total. The van der Waals surface area contributed by atoms with E-state index in [4.69, 9.17) is 4.74 Å². The van der Waals surface area contributed by atoms with Crippen molar-refractivity contribution in [3.05, 3.63) is 0 Å². The SMILES string of the molecule is COCC(C)NS(=O)(=O)N1CCCCC1CNC(C)C. The highest BCUT2D eigenvalue weighted by Crippen LogP contribution is 2.19. The second-order valence-corrected chi connectivity index (χ2v) is 7.46. The highest BCUT2D eigenvalue weighted by molar-refractivity contribution is 7.87. The molecule has 20 heavy (non-hydrogen) atoms. The number of hydrogen-bond donors (Lipinski definition) is 2. The average molecular weight is 307 g/mol. The Balaban J connectivity index is 2.67. The lowest BCUT2D eigenvalue weighted by Gasteiger charge is -2.35. The molecule has 1 fully saturated rings. The maximum Gasteiger partial charge on any atom is 0.280 e. The van der Waals surface area contributed by atoms with E-state index in [0.29, 0.717) is 25.7 Å². The molecule has 1 heterocycles. The summed E-state index contributed by atoms with van der Waals surface area (Å²) < 4.78 is 34.2. The summed E-state index contributed by atoms with van der Waals surface area (Å²) >= 11 is 0. The zero-order chi connectivity index (χ0) is 15.2. The fraction of sp³-hybridized carbons (Fsp3) is 1.00. The molecule has 1 rings (SSSR count). The van der Waals surface area contributed by atoms with Crippen molar-refractivity contribution in [2.75, 3.05) is 26.8 Å². The molecule has 1 aliphatic heterocycles. The Morgan fingerprint density at radius 2 is 2.00 bits per heavy atom. The molecular weight excluding hydrogens is 278 g/mol. The predicted octanol–water partition coefficient (Wildman–Crippen LogP) is 0.708. The number of hydrogen-bond acceptors (Lipinski definition) is 4. The summed E-state index contributed by atoms with van der Waals surface area (Å²) in [7, 11) is -1.87. The number of nitrogens with one attached hydrogen (secondary N) is 2. The number of methoxy groups -OCH3 is 1. The topological polar surface area (TPSA) is 70.7 Å². The molecule has 0 saturated carbocycles. The van der Waals surface area contributed by atoms with Crippen LogP contribution in [0.5, 0.6) is 0 Å². The monoisotopic (exact) mass is 307 g/mol. The standard InChI is InChI=1S/C13H29N3O3S/c1-11(2)14-9-13-7-5-6-8-16(13)20(17,18)15-12(3)10-19-4/h11-15H,5-10H2,1-4H3. The Labute approximate surface area is 123 Å². The van der Waals surface area contributed by atoms with Gasteiger partial charge in [0.15, 0.2) is 0 Å². The molecule has 2 unspecified atom stereocenters. The first-order chi connectivity index (χ1) is 9.36. The second kappa shape index (κ2) is 8.29. The number of ether oxygens (including phenoxy) is 1. The van der Waals surface area contributed by atoms with Gasteiger partial charge in [-0.25, -0.2) is 0 Å². The number of piperidine rings is 1. The molecule has 0 bridgehead atoms. The van der Waals surface area contributed by atoms with Gasteiger partial charge >= 0.3 is 0 Å². The lowest BCUT2D eigenvalue weighted by atomic mass is 10.0. The summed E-state index contributed by atoms with van der Waals surface area (Å²) in [6.45, 7) is 7.63. The van der Waals surface area contributed by atoms with Crippen LogP contribution in [0.3, 0.4) is 0 Å². The molecule has 0 radical (unpaired) electrons. The quantitative estimate of drug-likeness (QED) is 0.693. The molecule has 2 atom stereocenters. The van der Waals surface area contributed by atoms with E-state index in [1.807, 2.05) is 6.92 Å². The first kappa shape index (κ1) is 17.8. The summed E-state index contributed by atoms with van der Waals surface area (Å²) in [4.78, 5) is 0. The summed E-state index contributed by atoms with van der Waals surface area (Å²) in [5.41, 5.74) is 0. The highest BCUT2D eigenvalue weighted by atomic mass is 32.2. The Morgan fingerprint density at radius 3 is 2.60 bits per heavy atom. The van der Waals surface area contributed by atoms with Crippen molar-refractivity contribution in [3.8, 4) is 0 Å². The molecule has 0 aromatic carbocycles. The van der Waals surface area contributed by atoms with Gasteiger partial charge in [0, 0.05) is 38.3 Å². The maximum atomic E-state index is 12.5. The van der Waals surface area contributed by atoms with Gasteiger partial charge in [-0.05, 0) is 19.8 Å². The number of nitrogens with zero attached hydrogens (tertiary/aromatic N) is 1. The molecule has 0 aromatic rings. The van der Waals surface area contributed by atoms with Crippen molar-refractivity contribution in [1.29, 1.82) is 0 Å². The maximum absolute atomic E-state index is 12.5. The third-order valence-corrected chi connectivity index (χ3v) is 5.21. The van der Waals surface area contributed by atoms with Crippen LogP contribution in [0.2, 0.25) is 0 Å². The van der Waals surface area contributed by atoms with Crippen LogP contribution in [-0.2, 0) is 14.9 Å². The van der Waals surface area contributed by atoms with Gasteiger partial charge in [0.05, 0.1) is 6.61 Å². The van der Waals surface area contributed by atoms with Crippen LogP contribution in [0.1, 0.15) is 40.0 Å². The zero-order valence-corrected chi connectivity index (χ0v) is 13.9. The molecule has 0 spiro atoms. The largest absolute Gasteiger partial charge is 0.383 e. The lowest BCUT2D eigenvalue weighted by Crippen LogP contribution is -2.54. The van der Waals surface area contributed by atoms with Gasteiger partial charge in [0.1, 0.15) is 0 Å². The van der Waals surface area contributed by atoms with E-state index in [2.05, 4.69) is 23.9 Å². The van der Waals surface area contributed by atoms with E-state index in [0.717, 1.165) is 19.3 Å². The van der Waals surface area contributed by atoms with E-state index in [1.54, 1.807) is 11.4 Å². The van der Waals surface area contributed by atoms with E-state index in [1.165, 1.54) is 0 Å². The van der Waals surface area contributed by atoms with Crippen molar-refractivity contribution in [2.45, 2.75) is 58.2 Å². The Kier molecular flexibility index (Phi) is 7.39. The first-order valence-electron chi connectivity index (χ1n) is 7.38. The fourth-order valence-electron chi connectivity index (χ4n) is 2.47. The zero-order valence-electron chi connectivity index (χ0n) is 13.1. The van der Waals surface area contributed by atoms with Crippen molar-refractivity contribution < 1.29 is 13.2 Å². The minimum atomic E-state index is -3.44. The van der Waals surface area contributed by atoms with Gasteiger partial charge in [-0.2, -0.15) is 17.4 Å². The van der Waals surface area contributed by atoms with E-state index in [-0.39, 0.29) is 12.1 Å². The molecule has 7 heteroatoms. The summed E-state index contributed by atoms with van der Waals surface area (Å²) in [6, 6.07) is 0.186. The van der Waals surface area contributed by atoms with Crippen molar-refractivity contribution in [2.24, 2.45) is 0 Å². The van der Waals surface area contributed by atoms with Crippen LogP contribution in [-0.4, -0.2) is 57.7 Å². The Bertz CT molecular complexity index is 373. The van der Waals surface area contributed by atoms with Crippen molar-refractivity contribution in [3.63, 3.8) is 0 Å². The van der Waals surface area contributed by atoms with Crippen LogP contribution in [0.15, 0.2) is 0 Å². The van der Waals surface area contributed by atoms with E-state index >= 15 is 0 Å². The molecule has 120 valence electrons. The predicted molar refractivity (Wildman–Crippen MR) is 80.9 cm³/mol. The summed E-state index contributed by atoms with van der Waals surface area (Å²) in [5.74, 6) is 0. The minimum Gasteiger partial charge on any atom is -0.383 e. The third-order valence-electron chi connectivity index (χ3n) is 3.41. The molecular formula is C13H29N3O3S. The van der Waals surface area contributed by atoms with Crippen LogP contribution >= 0.6 is 0 Å². The van der Waals surface area contributed by atoms with E-state index < -0.39 is 10.2 Å². The highest BCUT2D eigenvalue weighted by Gasteiger charge is 2.32. The smallest absolute Gasteiger partial charge is 0.280 e. The van der Waals surface area contributed by atoms with Crippen molar-refractivity contribution in [1.82, 2.24) is 14.3 Å². The minimum absolute atomic E-state index is 0.0402. The van der Waals surface area contributed by atoms with E-state index in [9.17, 15) is 8.42 Å². The van der Waals surface area contributed by atoms with Crippen LogP contribution in [0.25, 0.3) is 0 Å². The van der Waals surface area contributed by atoms with Crippen LogP contribution in [0.4, 0.5) is 0 Å². The molecule has 2 N–H and O–H groups in total. The van der Waals surface area contributed by atoms with Crippen LogP contribution in [0, 0.1) is 0 Å². The first-order valence-corrected chi connectivity index (χ1v) is 8.82. The summed E-state index contributed by atoms with van der Waals surface area (Å²) in [5, 5.41) is 3.34. The van der Waals surface area contributed by atoms with Gasteiger partial charge < -0.3 is 10.1 Å². The molecule has 1 saturated heterocycles. The normalized spacial score (nSPS) is 23.1. The third kappa shape index (κ3) is 5.65. The lowest BCUT2D eigenvalue weighted by molar-refractivity contribution is 0.177.